The number of rotatable bonds is 7. The summed E-state index contributed by atoms with van der Waals surface area (Å²) < 4.78 is 13.9. The maximum absolute atomic E-state index is 13.9. The molecule has 0 atom stereocenters. The fourth-order valence-corrected chi connectivity index (χ4v) is 4.41. The molecule has 9 nitrogen and oxygen atoms in total. The molecule has 1 aromatic carbocycles. The van der Waals surface area contributed by atoms with E-state index in [2.05, 4.69) is 37.0 Å². The topological polar surface area (TPSA) is 111 Å². The summed E-state index contributed by atoms with van der Waals surface area (Å²) >= 11 is 0. The third kappa shape index (κ3) is 4.48. The molecule has 0 spiro atoms. The van der Waals surface area contributed by atoms with E-state index in [1.165, 1.54) is 12.1 Å². The van der Waals surface area contributed by atoms with Gasteiger partial charge in [-0.3, -0.25) is 10.1 Å². The molecule has 5 heterocycles. The first kappa shape index (κ1) is 23.4. The van der Waals surface area contributed by atoms with Crippen LogP contribution in [0.15, 0.2) is 79.4 Å². The molecule has 0 fully saturated rings. The molecule has 188 valence electrons. The fourth-order valence-electron chi connectivity index (χ4n) is 4.41. The number of H-pyrrole nitrogens is 2. The molecule has 3 N–H and O–H groups in total. The smallest absolute Gasteiger partial charge is 0.162 e. The summed E-state index contributed by atoms with van der Waals surface area (Å²) in [5, 5.41) is 10.8. The van der Waals surface area contributed by atoms with Crippen LogP contribution in [0.3, 0.4) is 0 Å². The van der Waals surface area contributed by atoms with Crippen molar-refractivity contribution < 1.29 is 4.39 Å². The number of imidazole rings is 1. The quantitative estimate of drug-likeness (QED) is 0.272. The summed E-state index contributed by atoms with van der Waals surface area (Å²) in [5.41, 5.74) is 7.97. The third-order valence-electron chi connectivity index (χ3n) is 6.01. The van der Waals surface area contributed by atoms with Crippen LogP contribution in [-0.4, -0.2) is 60.7 Å². The monoisotopic (exact) mass is 505 g/mol. The van der Waals surface area contributed by atoms with Crippen molar-refractivity contribution in [2.75, 3.05) is 26.0 Å². The highest BCUT2D eigenvalue weighted by Crippen LogP contribution is 2.31. The first-order chi connectivity index (χ1) is 18.4. The number of hydrogen-bond acceptors (Lipinski definition) is 7. The van der Waals surface area contributed by atoms with Gasteiger partial charge in [0.05, 0.1) is 23.1 Å². The average Bonchev–Trinajstić information content (AvgIpc) is 3.52. The summed E-state index contributed by atoms with van der Waals surface area (Å²) in [5.74, 6) is 0.204. The molecule has 0 aliphatic heterocycles. The number of fused-ring (bicyclic) bond motifs is 2. The van der Waals surface area contributed by atoms with E-state index in [0.717, 1.165) is 39.3 Å². The van der Waals surface area contributed by atoms with E-state index in [1.54, 1.807) is 24.7 Å². The van der Waals surface area contributed by atoms with Gasteiger partial charge in [-0.25, -0.2) is 19.3 Å². The molecule has 6 aromatic rings. The molecule has 0 unspecified atom stereocenters. The number of pyridine rings is 3. The normalized spacial score (nSPS) is 11.5. The third-order valence-corrected chi connectivity index (χ3v) is 6.01. The van der Waals surface area contributed by atoms with Crippen molar-refractivity contribution >= 4 is 27.9 Å². The molecule has 6 rings (SSSR count). The molecular formula is C28H24FN9. The largest absolute Gasteiger partial charge is 0.357 e. The lowest BCUT2D eigenvalue weighted by molar-refractivity contribution is 0.447. The van der Waals surface area contributed by atoms with Gasteiger partial charge in [0.2, 0.25) is 0 Å². The maximum atomic E-state index is 13.9. The minimum atomic E-state index is -0.311. The van der Waals surface area contributed by atoms with Gasteiger partial charge in [0.1, 0.15) is 16.9 Å². The number of benzene rings is 1. The number of halogens is 1. The van der Waals surface area contributed by atoms with E-state index in [1.807, 2.05) is 49.3 Å². The average molecular weight is 506 g/mol. The number of nitrogens with one attached hydrogen (secondary N) is 3. The zero-order valence-electron chi connectivity index (χ0n) is 20.8. The molecule has 0 saturated heterocycles. The number of likely N-dealkylation sites (N-methyl/N-ethyl adjacent to an activating group) is 1. The summed E-state index contributed by atoms with van der Waals surface area (Å²) in [6.07, 6.45) is 5.19. The standard InChI is InChI=1S/C28H24FN9/c1-16(15-38(2)3)32-20-12-18(13-30-14-20)22-7-8-23-25(33-22)26(37-36-23)28-34-24-21(9-10-31-27(24)35-28)17-5-4-6-19(29)11-17/h4-14,32H,1,15H2,2-3H3,(H,36,37)(H,31,34,35). The van der Waals surface area contributed by atoms with Crippen LogP contribution in [0.1, 0.15) is 0 Å². The van der Waals surface area contributed by atoms with Crippen molar-refractivity contribution in [3.63, 3.8) is 0 Å². The summed E-state index contributed by atoms with van der Waals surface area (Å²) in [6, 6.07) is 14.1. The lowest BCUT2D eigenvalue weighted by Crippen LogP contribution is -2.18. The van der Waals surface area contributed by atoms with Gasteiger partial charge in [-0.2, -0.15) is 5.10 Å². The molecule has 0 amide bonds. The molecule has 38 heavy (non-hydrogen) atoms. The second-order valence-electron chi connectivity index (χ2n) is 9.24. The minimum absolute atomic E-state index is 0.311. The van der Waals surface area contributed by atoms with Crippen molar-refractivity contribution in [3.05, 3.63) is 85.2 Å². The van der Waals surface area contributed by atoms with Crippen LogP contribution < -0.4 is 5.32 Å². The SMILES string of the molecule is C=C(CN(C)C)Nc1cncc(-c2ccc3[nH]nc(-c4nc5c(-c6cccc(F)c6)ccnc5[nH]4)c3n2)c1. The Morgan fingerprint density at radius 2 is 1.92 bits per heavy atom. The summed E-state index contributed by atoms with van der Waals surface area (Å²) in [7, 11) is 3.98. The Hall–Kier alpha value is -4.96. The van der Waals surface area contributed by atoms with E-state index < -0.39 is 0 Å². The number of hydrogen-bond donors (Lipinski definition) is 3. The first-order valence-corrected chi connectivity index (χ1v) is 12.0. The molecule has 0 aliphatic carbocycles. The Morgan fingerprint density at radius 3 is 2.76 bits per heavy atom. The van der Waals surface area contributed by atoms with E-state index in [-0.39, 0.29) is 5.82 Å². The van der Waals surface area contributed by atoms with E-state index in [9.17, 15) is 4.39 Å². The highest BCUT2D eigenvalue weighted by molar-refractivity contribution is 5.95. The van der Waals surface area contributed by atoms with Crippen molar-refractivity contribution in [2.45, 2.75) is 0 Å². The highest BCUT2D eigenvalue weighted by atomic mass is 19.1. The van der Waals surface area contributed by atoms with Gasteiger partial charge in [0.25, 0.3) is 0 Å². The van der Waals surface area contributed by atoms with Gasteiger partial charge in [-0.05, 0) is 56.1 Å². The van der Waals surface area contributed by atoms with Crippen LogP contribution in [-0.2, 0) is 0 Å². The van der Waals surface area contributed by atoms with Crippen LogP contribution in [0.5, 0.6) is 0 Å². The lowest BCUT2D eigenvalue weighted by atomic mass is 10.1. The molecular weight excluding hydrogens is 481 g/mol. The molecule has 10 heteroatoms. The number of nitrogens with zero attached hydrogens (tertiary/aromatic N) is 6. The second-order valence-corrected chi connectivity index (χ2v) is 9.24. The Morgan fingerprint density at radius 1 is 1.03 bits per heavy atom. The first-order valence-electron chi connectivity index (χ1n) is 12.0. The summed E-state index contributed by atoms with van der Waals surface area (Å²) in [4.78, 5) is 23.8. The van der Waals surface area contributed by atoms with Crippen LogP contribution in [0.25, 0.3) is 56.1 Å². The molecule has 0 bridgehead atoms. The van der Waals surface area contributed by atoms with Crippen molar-refractivity contribution in [1.82, 2.24) is 40.0 Å². The van der Waals surface area contributed by atoms with Crippen molar-refractivity contribution in [1.29, 1.82) is 0 Å². The predicted octanol–water partition coefficient (Wildman–Crippen LogP) is 5.25. The summed E-state index contributed by atoms with van der Waals surface area (Å²) in [6.45, 7) is 4.79. The van der Waals surface area contributed by atoms with Crippen LogP contribution in [0.2, 0.25) is 0 Å². The molecule has 0 aliphatic rings. The van der Waals surface area contributed by atoms with Gasteiger partial charge in [-0.1, -0.05) is 18.7 Å². The van der Waals surface area contributed by atoms with Crippen molar-refractivity contribution in [2.24, 2.45) is 0 Å². The number of aromatic nitrogens is 7. The van der Waals surface area contributed by atoms with Crippen molar-refractivity contribution in [3.8, 4) is 33.9 Å². The Bertz CT molecular complexity index is 1800. The van der Waals surface area contributed by atoms with Gasteiger partial charge in [0.15, 0.2) is 17.2 Å². The van der Waals surface area contributed by atoms with E-state index in [4.69, 9.17) is 9.97 Å². The fraction of sp³-hybridized carbons (Fsp3) is 0.107. The Balaban J connectivity index is 1.38. The molecule has 0 radical (unpaired) electrons. The Labute approximate surface area is 217 Å². The van der Waals surface area contributed by atoms with E-state index >= 15 is 0 Å². The maximum Gasteiger partial charge on any atom is 0.162 e. The highest BCUT2D eigenvalue weighted by Gasteiger charge is 2.18. The number of anilines is 1. The lowest BCUT2D eigenvalue weighted by Gasteiger charge is -2.14. The van der Waals surface area contributed by atoms with Crippen LogP contribution in [0, 0.1) is 5.82 Å². The zero-order valence-corrected chi connectivity index (χ0v) is 20.8. The number of aromatic amines is 2. The molecule has 5 aromatic heterocycles. The van der Waals surface area contributed by atoms with Gasteiger partial charge in [-0.15, -0.1) is 0 Å². The predicted molar refractivity (Wildman–Crippen MR) is 147 cm³/mol. The van der Waals surface area contributed by atoms with Gasteiger partial charge < -0.3 is 15.2 Å². The Kier molecular flexibility index (Phi) is 5.85. The van der Waals surface area contributed by atoms with Crippen LogP contribution >= 0.6 is 0 Å². The molecule has 0 saturated carbocycles. The second kappa shape index (κ2) is 9.49. The van der Waals surface area contributed by atoms with Gasteiger partial charge in [0, 0.05) is 35.8 Å². The van der Waals surface area contributed by atoms with Gasteiger partial charge >= 0.3 is 0 Å². The van der Waals surface area contributed by atoms with Crippen LogP contribution in [0.4, 0.5) is 10.1 Å². The minimum Gasteiger partial charge on any atom is -0.357 e. The van der Waals surface area contributed by atoms with E-state index in [0.29, 0.717) is 34.7 Å². The zero-order chi connectivity index (χ0) is 26.2.